The first-order valence-electron chi connectivity index (χ1n) is 10.5. The molecule has 12 heteroatoms. The SMILES string of the molecule is COc1cc2c(cc1OC)CN(S(=O)(=O)CCNC(=O)c1ccc(S(=O)(=O)N(C)C)cc1)CC2. The van der Waals surface area contributed by atoms with Crippen molar-refractivity contribution in [1.29, 1.82) is 0 Å². The van der Waals surface area contributed by atoms with Gasteiger partial charge in [-0.25, -0.2) is 21.1 Å². The molecule has 1 aliphatic heterocycles. The zero-order valence-electron chi connectivity index (χ0n) is 19.6. The highest BCUT2D eigenvalue weighted by atomic mass is 32.2. The third-order valence-electron chi connectivity index (χ3n) is 5.62. The lowest BCUT2D eigenvalue weighted by Gasteiger charge is -2.29. The highest BCUT2D eigenvalue weighted by Gasteiger charge is 2.28. The minimum Gasteiger partial charge on any atom is -0.493 e. The molecule has 34 heavy (non-hydrogen) atoms. The van der Waals surface area contributed by atoms with Crippen LogP contribution in [0.5, 0.6) is 11.5 Å². The maximum atomic E-state index is 12.9. The van der Waals surface area contributed by atoms with Crippen LogP contribution < -0.4 is 14.8 Å². The van der Waals surface area contributed by atoms with E-state index in [1.54, 1.807) is 13.2 Å². The molecule has 0 aliphatic carbocycles. The van der Waals surface area contributed by atoms with Crippen molar-refractivity contribution in [3.63, 3.8) is 0 Å². The molecule has 0 aromatic heterocycles. The zero-order chi connectivity index (χ0) is 25.1. The molecular weight excluding hydrogens is 482 g/mol. The van der Waals surface area contributed by atoms with Crippen molar-refractivity contribution in [3.8, 4) is 11.5 Å². The van der Waals surface area contributed by atoms with E-state index in [2.05, 4.69) is 5.32 Å². The number of ether oxygens (including phenoxy) is 2. The number of hydrogen-bond acceptors (Lipinski definition) is 7. The molecule has 2 aromatic carbocycles. The lowest BCUT2D eigenvalue weighted by Crippen LogP contribution is -2.40. The van der Waals surface area contributed by atoms with Crippen LogP contribution in [0, 0.1) is 0 Å². The van der Waals surface area contributed by atoms with Crippen LogP contribution in [0.4, 0.5) is 0 Å². The number of sulfonamides is 2. The highest BCUT2D eigenvalue weighted by molar-refractivity contribution is 7.89. The predicted molar refractivity (Wildman–Crippen MR) is 127 cm³/mol. The van der Waals surface area contributed by atoms with Gasteiger partial charge in [-0.3, -0.25) is 4.79 Å². The highest BCUT2D eigenvalue weighted by Crippen LogP contribution is 2.33. The first-order chi connectivity index (χ1) is 16.0. The van der Waals surface area contributed by atoms with E-state index in [0.29, 0.717) is 24.5 Å². The maximum absolute atomic E-state index is 12.9. The first-order valence-corrected chi connectivity index (χ1v) is 13.6. The number of hydrogen-bond donors (Lipinski definition) is 1. The molecule has 1 aliphatic rings. The molecule has 0 bridgehead atoms. The van der Waals surface area contributed by atoms with Crippen LogP contribution in [0.3, 0.4) is 0 Å². The molecule has 1 amide bonds. The van der Waals surface area contributed by atoms with Crippen LogP contribution >= 0.6 is 0 Å². The lowest BCUT2D eigenvalue weighted by atomic mass is 10.0. The minimum absolute atomic E-state index is 0.0660. The number of rotatable bonds is 9. The summed E-state index contributed by atoms with van der Waals surface area (Å²) in [5.74, 6) is 0.406. The van der Waals surface area contributed by atoms with E-state index in [9.17, 15) is 21.6 Å². The van der Waals surface area contributed by atoms with Gasteiger partial charge in [0.15, 0.2) is 11.5 Å². The summed E-state index contributed by atoms with van der Waals surface area (Å²) in [5.41, 5.74) is 2.10. The fraction of sp³-hybridized carbons (Fsp3) is 0.409. The van der Waals surface area contributed by atoms with Crippen LogP contribution in [0.15, 0.2) is 41.3 Å². The Morgan fingerprint density at radius 2 is 1.59 bits per heavy atom. The number of methoxy groups -OCH3 is 2. The second-order valence-corrected chi connectivity index (χ2v) is 12.2. The van der Waals surface area contributed by atoms with Crippen molar-refractivity contribution in [2.45, 2.75) is 17.9 Å². The van der Waals surface area contributed by atoms with E-state index >= 15 is 0 Å². The normalized spacial score (nSPS) is 14.5. The van der Waals surface area contributed by atoms with Gasteiger partial charge in [-0.05, 0) is 53.9 Å². The van der Waals surface area contributed by atoms with E-state index in [0.717, 1.165) is 15.4 Å². The van der Waals surface area contributed by atoms with Gasteiger partial charge in [0.2, 0.25) is 20.0 Å². The van der Waals surface area contributed by atoms with Crippen LogP contribution in [-0.2, 0) is 33.0 Å². The molecule has 1 N–H and O–H groups in total. The summed E-state index contributed by atoms with van der Waals surface area (Å²) in [4.78, 5) is 12.5. The molecule has 186 valence electrons. The number of carbonyl (C=O) groups excluding carboxylic acids is 1. The number of carbonyl (C=O) groups is 1. The molecular formula is C22H29N3O7S2. The third-order valence-corrected chi connectivity index (χ3v) is 9.26. The number of nitrogens with one attached hydrogen (secondary N) is 1. The minimum atomic E-state index is -3.61. The van der Waals surface area contributed by atoms with Gasteiger partial charge in [0.05, 0.1) is 24.9 Å². The summed E-state index contributed by atoms with van der Waals surface area (Å²) in [6.07, 6.45) is 0.545. The average Bonchev–Trinajstić information content (AvgIpc) is 2.82. The second-order valence-electron chi connectivity index (χ2n) is 7.94. The molecule has 10 nitrogen and oxygen atoms in total. The van der Waals surface area contributed by atoms with Gasteiger partial charge in [-0.2, -0.15) is 4.31 Å². The summed E-state index contributed by atoms with van der Waals surface area (Å²) >= 11 is 0. The fourth-order valence-electron chi connectivity index (χ4n) is 3.61. The Labute approximate surface area is 200 Å². The van der Waals surface area contributed by atoms with Gasteiger partial charge in [0.1, 0.15) is 0 Å². The Bertz CT molecular complexity index is 1260. The van der Waals surface area contributed by atoms with Crippen molar-refractivity contribution in [2.75, 3.05) is 47.2 Å². The molecule has 3 rings (SSSR count). The smallest absolute Gasteiger partial charge is 0.251 e. The van der Waals surface area contributed by atoms with Gasteiger partial charge in [0, 0.05) is 39.3 Å². The van der Waals surface area contributed by atoms with Crippen molar-refractivity contribution < 1.29 is 31.1 Å². The number of nitrogens with zero attached hydrogens (tertiary/aromatic N) is 2. The van der Waals surface area contributed by atoms with Gasteiger partial charge >= 0.3 is 0 Å². The molecule has 1 heterocycles. The maximum Gasteiger partial charge on any atom is 0.251 e. The summed E-state index contributed by atoms with van der Waals surface area (Å²) in [6, 6.07) is 9.13. The number of fused-ring (bicyclic) bond motifs is 1. The van der Waals surface area contributed by atoms with Gasteiger partial charge in [-0.15, -0.1) is 0 Å². The molecule has 0 saturated heterocycles. The zero-order valence-corrected chi connectivity index (χ0v) is 21.2. The number of amides is 1. The summed E-state index contributed by atoms with van der Waals surface area (Å²) in [6.45, 7) is 0.475. The topological polar surface area (TPSA) is 122 Å². The van der Waals surface area contributed by atoms with E-state index in [1.165, 1.54) is 49.8 Å². The molecule has 0 atom stereocenters. The average molecular weight is 512 g/mol. The fourth-order valence-corrected chi connectivity index (χ4v) is 5.83. The van der Waals surface area contributed by atoms with Crippen molar-refractivity contribution >= 4 is 26.0 Å². The first kappa shape index (κ1) is 25.9. The van der Waals surface area contributed by atoms with E-state index in [-0.39, 0.29) is 29.3 Å². The summed E-state index contributed by atoms with van der Waals surface area (Å²) in [5, 5.41) is 2.59. The number of benzene rings is 2. The summed E-state index contributed by atoms with van der Waals surface area (Å²) < 4.78 is 63.1. The molecule has 0 fully saturated rings. The Balaban J connectivity index is 1.60. The molecule has 0 saturated carbocycles. The van der Waals surface area contributed by atoms with E-state index < -0.39 is 26.0 Å². The van der Waals surface area contributed by atoms with Crippen LogP contribution in [0.2, 0.25) is 0 Å². The van der Waals surface area contributed by atoms with Crippen molar-refractivity contribution in [2.24, 2.45) is 0 Å². The molecule has 0 spiro atoms. The lowest BCUT2D eigenvalue weighted by molar-refractivity contribution is 0.0956. The third kappa shape index (κ3) is 5.52. The van der Waals surface area contributed by atoms with E-state index in [4.69, 9.17) is 9.47 Å². The van der Waals surface area contributed by atoms with Crippen LogP contribution in [0.1, 0.15) is 21.5 Å². The van der Waals surface area contributed by atoms with Crippen LogP contribution in [-0.4, -0.2) is 78.5 Å². The van der Waals surface area contributed by atoms with Crippen molar-refractivity contribution in [1.82, 2.24) is 13.9 Å². The molecule has 0 radical (unpaired) electrons. The predicted octanol–water partition coefficient (Wildman–Crippen LogP) is 1.07. The molecule has 0 unspecified atom stereocenters. The second kappa shape index (κ2) is 10.3. The largest absolute Gasteiger partial charge is 0.493 e. The van der Waals surface area contributed by atoms with E-state index in [1.807, 2.05) is 6.07 Å². The standard InChI is InChI=1S/C22H29N3O7S2/c1-24(2)34(29,30)19-7-5-16(6-8-19)22(26)23-10-12-33(27,28)25-11-9-17-13-20(31-3)21(32-4)14-18(17)15-25/h5-8,13-14H,9-12,15H2,1-4H3,(H,23,26). The van der Waals surface area contributed by atoms with Gasteiger partial charge < -0.3 is 14.8 Å². The quantitative estimate of drug-likeness (QED) is 0.534. The Morgan fingerprint density at radius 1 is 1.00 bits per heavy atom. The Kier molecular flexibility index (Phi) is 7.86. The Hall–Kier alpha value is -2.67. The molecule has 2 aromatic rings. The monoisotopic (exact) mass is 511 g/mol. The van der Waals surface area contributed by atoms with Crippen LogP contribution in [0.25, 0.3) is 0 Å². The van der Waals surface area contributed by atoms with Gasteiger partial charge in [-0.1, -0.05) is 0 Å². The van der Waals surface area contributed by atoms with Crippen molar-refractivity contribution in [3.05, 3.63) is 53.1 Å². The van der Waals surface area contributed by atoms with Gasteiger partial charge in [0.25, 0.3) is 5.91 Å². The Morgan fingerprint density at radius 3 is 2.15 bits per heavy atom. The summed E-state index contributed by atoms with van der Waals surface area (Å²) in [7, 11) is -1.29.